The monoisotopic (exact) mass is 376 g/mol. The molecule has 1 amide bonds. The molecule has 1 fully saturated rings. The highest BCUT2D eigenvalue weighted by Gasteiger charge is 2.53. The quantitative estimate of drug-likeness (QED) is 0.516. The third-order valence-electron chi connectivity index (χ3n) is 3.24. The Morgan fingerprint density at radius 2 is 1.92 bits per heavy atom. The van der Waals surface area contributed by atoms with Gasteiger partial charge in [-0.2, -0.15) is 13.2 Å². The smallest absolute Gasteiger partial charge is 0.490 e. The number of nitrogens with one attached hydrogen (secondary N) is 1. The Kier molecular flexibility index (Phi) is 5.28. The molecule has 26 heavy (non-hydrogen) atoms. The number of rotatable bonds is 2. The third-order valence-corrected chi connectivity index (χ3v) is 3.24. The number of aromatic hydroxyl groups is 1. The van der Waals surface area contributed by atoms with Crippen molar-refractivity contribution >= 4 is 17.7 Å². The second-order valence-corrected chi connectivity index (χ2v) is 5.10. The first-order valence-corrected chi connectivity index (χ1v) is 6.86. The second-order valence-electron chi connectivity index (χ2n) is 5.10. The van der Waals surface area contributed by atoms with Gasteiger partial charge < -0.3 is 25.4 Å². The summed E-state index contributed by atoms with van der Waals surface area (Å²) in [5, 5.41) is 28.8. The van der Waals surface area contributed by atoms with Gasteiger partial charge in [0.05, 0.1) is 5.70 Å². The minimum Gasteiger partial charge on any atom is -0.505 e. The maximum atomic E-state index is 11.9. The number of aliphatic hydroxyl groups is 1. The van der Waals surface area contributed by atoms with E-state index in [0.717, 1.165) is 6.08 Å². The number of hydrogen-bond acceptors (Lipinski definition) is 7. The van der Waals surface area contributed by atoms with E-state index in [2.05, 4.69) is 10.3 Å². The Balaban J connectivity index is 0.000000298. The van der Waals surface area contributed by atoms with Crippen LogP contribution < -0.4 is 5.32 Å². The van der Waals surface area contributed by atoms with E-state index in [1.807, 2.05) is 0 Å². The molecule has 140 valence electrons. The normalized spacial score (nSPS) is 23.8. The van der Waals surface area contributed by atoms with Gasteiger partial charge >= 0.3 is 12.1 Å². The van der Waals surface area contributed by atoms with Gasteiger partial charge in [-0.15, -0.1) is 0 Å². The molecule has 3 atom stereocenters. The van der Waals surface area contributed by atoms with Gasteiger partial charge in [0.2, 0.25) is 0 Å². The third kappa shape index (κ3) is 4.34. The molecule has 3 rings (SSSR count). The standard InChI is InChI=1S/C12H10N2O5.C2HF3O2/c15-6-2-1-3-13-8(6)12(18)14-5-4-7(16)10-11(19-10)9(5)17;3-2(4,5)1(6)7/h1-4,9-11,15,17H,(H,14,18);(H,6,7). The number of hydrogen-bond donors (Lipinski definition) is 4. The molecule has 0 radical (unpaired) electrons. The number of aromatic nitrogens is 1. The first-order valence-electron chi connectivity index (χ1n) is 6.86. The first kappa shape index (κ1) is 19.3. The van der Waals surface area contributed by atoms with Crippen molar-refractivity contribution in [1.29, 1.82) is 0 Å². The van der Waals surface area contributed by atoms with E-state index < -0.39 is 36.4 Å². The number of epoxide rings is 1. The van der Waals surface area contributed by atoms with Crippen molar-refractivity contribution in [3.63, 3.8) is 0 Å². The maximum absolute atomic E-state index is 11.9. The summed E-state index contributed by atoms with van der Waals surface area (Å²) in [6, 6.07) is 2.80. The fraction of sp³-hybridized carbons (Fsp3) is 0.286. The van der Waals surface area contributed by atoms with E-state index in [9.17, 15) is 33.0 Å². The van der Waals surface area contributed by atoms with Crippen LogP contribution in [0.1, 0.15) is 10.5 Å². The number of pyridine rings is 1. The highest BCUT2D eigenvalue weighted by Crippen LogP contribution is 2.33. The average Bonchev–Trinajstić information content (AvgIpc) is 3.33. The summed E-state index contributed by atoms with van der Waals surface area (Å²) in [6.45, 7) is 0. The lowest BCUT2D eigenvalue weighted by Crippen LogP contribution is -2.37. The maximum Gasteiger partial charge on any atom is 0.490 e. The Labute approximate surface area is 142 Å². The average molecular weight is 376 g/mol. The molecule has 4 N–H and O–H groups in total. The number of aliphatic carboxylic acids is 1. The van der Waals surface area contributed by atoms with Gasteiger partial charge in [0.25, 0.3) is 5.91 Å². The lowest BCUT2D eigenvalue weighted by Gasteiger charge is -2.16. The Hall–Kier alpha value is -2.99. The van der Waals surface area contributed by atoms with Crippen LogP contribution in [0.3, 0.4) is 0 Å². The Morgan fingerprint density at radius 1 is 1.31 bits per heavy atom. The van der Waals surface area contributed by atoms with Gasteiger partial charge in [-0.25, -0.2) is 9.78 Å². The number of ketones is 1. The molecule has 1 aromatic heterocycles. The van der Waals surface area contributed by atoms with Gasteiger partial charge in [0, 0.05) is 12.3 Å². The number of fused-ring (bicyclic) bond motifs is 1. The molecular weight excluding hydrogens is 365 g/mol. The molecule has 1 aliphatic heterocycles. The van der Waals surface area contributed by atoms with Gasteiger partial charge in [0.15, 0.2) is 11.5 Å². The van der Waals surface area contributed by atoms with E-state index in [-0.39, 0.29) is 22.9 Å². The van der Waals surface area contributed by atoms with E-state index in [1.54, 1.807) is 0 Å². The summed E-state index contributed by atoms with van der Waals surface area (Å²) in [5.74, 6) is -4.03. The zero-order chi connectivity index (χ0) is 19.6. The van der Waals surface area contributed by atoms with Gasteiger partial charge in [-0.3, -0.25) is 9.59 Å². The predicted octanol–water partition coefficient (Wildman–Crippen LogP) is -0.255. The van der Waals surface area contributed by atoms with Crippen molar-refractivity contribution in [1.82, 2.24) is 10.3 Å². The van der Waals surface area contributed by atoms with Crippen LogP contribution in [0.2, 0.25) is 0 Å². The van der Waals surface area contributed by atoms with Crippen LogP contribution in [0.4, 0.5) is 13.2 Å². The number of halogens is 3. The minimum atomic E-state index is -5.08. The molecule has 2 heterocycles. The van der Waals surface area contributed by atoms with Crippen LogP contribution in [0.15, 0.2) is 30.1 Å². The molecule has 0 saturated carbocycles. The number of nitrogens with zero attached hydrogens (tertiary/aromatic N) is 1. The van der Waals surface area contributed by atoms with Crippen molar-refractivity contribution in [2.45, 2.75) is 24.5 Å². The van der Waals surface area contributed by atoms with Crippen LogP contribution >= 0.6 is 0 Å². The summed E-state index contributed by atoms with van der Waals surface area (Å²) in [4.78, 5) is 35.9. The zero-order valence-electron chi connectivity index (χ0n) is 12.6. The van der Waals surface area contributed by atoms with Crippen molar-refractivity contribution < 1.29 is 47.6 Å². The highest BCUT2D eigenvalue weighted by molar-refractivity contribution is 6.00. The molecule has 1 aromatic rings. The molecule has 0 aromatic carbocycles. The molecule has 0 bridgehead atoms. The lowest BCUT2D eigenvalue weighted by atomic mass is 10.0. The molecule has 9 nitrogen and oxygen atoms in total. The van der Waals surface area contributed by atoms with Crippen molar-refractivity contribution in [3.05, 3.63) is 35.8 Å². The Morgan fingerprint density at radius 3 is 2.46 bits per heavy atom. The van der Waals surface area contributed by atoms with Crippen LogP contribution in [0.25, 0.3) is 0 Å². The lowest BCUT2D eigenvalue weighted by molar-refractivity contribution is -0.192. The molecular formula is C14H11F3N2O7. The number of carboxylic acids is 1. The minimum absolute atomic E-state index is 0.0544. The van der Waals surface area contributed by atoms with E-state index >= 15 is 0 Å². The SMILES string of the molecule is O=C(NC1=CC(=O)C2OC2C1O)c1ncccc1O.O=C(O)C(F)(F)F. The van der Waals surface area contributed by atoms with Crippen molar-refractivity contribution in [2.24, 2.45) is 0 Å². The van der Waals surface area contributed by atoms with Crippen molar-refractivity contribution in [3.8, 4) is 5.75 Å². The predicted molar refractivity (Wildman–Crippen MR) is 74.8 cm³/mol. The summed E-state index contributed by atoms with van der Waals surface area (Å²) >= 11 is 0. The largest absolute Gasteiger partial charge is 0.505 e. The molecule has 3 unspecified atom stereocenters. The highest BCUT2D eigenvalue weighted by atomic mass is 19.4. The number of carbonyl (C=O) groups excluding carboxylic acids is 2. The summed E-state index contributed by atoms with van der Waals surface area (Å²) in [5.41, 5.74) is -0.124. The van der Waals surface area contributed by atoms with Crippen LogP contribution in [-0.2, 0) is 14.3 Å². The fourth-order valence-electron chi connectivity index (χ4n) is 1.96. The number of aliphatic hydroxyl groups excluding tert-OH is 1. The molecule has 0 spiro atoms. The number of amides is 1. The van der Waals surface area contributed by atoms with Crippen molar-refractivity contribution in [2.75, 3.05) is 0 Å². The summed E-state index contributed by atoms with van der Waals surface area (Å²) in [7, 11) is 0. The van der Waals surface area contributed by atoms with Crippen LogP contribution in [-0.4, -0.2) is 62.5 Å². The zero-order valence-corrected chi connectivity index (χ0v) is 12.6. The molecule has 1 aliphatic carbocycles. The first-order chi connectivity index (χ1) is 12.0. The van der Waals surface area contributed by atoms with Crippen LogP contribution in [0, 0.1) is 0 Å². The van der Waals surface area contributed by atoms with E-state index in [1.165, 1.54) is 18.3 Å². The van der Waals surface area contributed by atoms with Crippen LogP contribution in [0.5, 0.6) is 5.75 Å². The van der Waals surface area contributed by atoms with Gasteiger partial charge in [0.1, 0.15) is 24.1 Å². The number of carbonyl (C=O) groups is 3. The second kappa shape index (κ2) is 7.09. The molecule has 12 heteroatoms. The van der Waals surface area contributed by atoms with Gasteiger partial charge in [-0.1, -0.05) is 0 Å². The topological polar surface area (TPSA) is 149 Å². The summed E-state index contributed by atoms with van der Waals surface area (Å²) in [6.07, 6.45) is -4.84. The molecule has 2 aliphatic rings. The number of carboxylic acid groups (broad SMARTS) is 1. The fourth-order valence-corrected chi connectivity index (χ4v) is 1.96. The molecule has 1 saturated heterocycles. The van der Waals surface area contributed by atoms with E-state index in [0.29, 0.717) is 0 Å². The Bertz CT molecular complexity index is 778. The number of ether oxygens (including phenoxy) is 1. The van der Waals surface area contributed by atoms with Gasteiger partial charge in [-0.05, 0) is 12.1 Å². The number of alkyl halides is 3. The van der Waals surface area contributed by atoms with E-state index in [4.69, 9.17) is 14.6 Å². The summed E-state index contributed by atoms with van der Waals surface area (Å²) < 4.78 is 36.7.